The number of aliphatic hydroxyl groups excluding tert-OH is 1. The van der Waals surface area contributed by atoms with Crippen molar-refractivity contribution in [2.75, 3.05) is 6.54 Å². The molecule has 0 aromatic carbocycles. The molecule has 0 rings (SSSR count). The number of rotatable bonds is 5. The third kappa shape index (κ3) is 5.61. The van der Waals surface area contributed by atoms with Crippen molar-refractivity contribution in [3.8, 4) is 0 Å². The Labute approximate surface area is 89.1 Å². The van der Waals surface area contributed by atoms with Crippen LogP contribution in [-0.2, 0) is 0 Å². The van der Waals surface area contributed by atoms with Gasteiger partial charge in [-0.25, -0.2) is 0 Å². The van der Waals surface area contributed by atoms with Crippen LogP contribution in [0.3, 0.4) is 0 Å². The quantitative estimate of drug-likeness (QED) is 0.716. The molecule has 0 amide bonds. The lowest BCUT2D eigenvalue weighted by molar-refractivity contribution is 0.113. The Hall–Kier alpha value is -0.0800. The molecule has 0 aliphatic heterocycles. The minimum absolute atomic E-state index is 0.172. The Morgan fingerprint density at radius 3 is 2.00 bits per heavy atom. The minimum atomic E-state index is -0.172. The van der Waals surface area contributed by atoms with E-state index in [4.69, 9.17) is 0 Å². The molecule has 0 aliphatic rings. The van der Waals surface area contributed by atoms with Gasteiger partial charge in [-0.05, 0) is 31.2 Å². The second kappa shape index (κ2) is 5.72. The summed E-state index contributed by atoms with van der Waals surface area (Å²) in [5.74, 6) is 0.363. The van der Waals surface area contributed by atoms with Gasteiger partial charge in [0.25, 0.3) is 0 Å². The van der Waals surface area contributed by atoms with Crippen molar-refractivity contribution in [2.45, 2.75) is 60.1 Å². The number of aliphatic hydroxyl groups is 1. The lowest BCUT2D eigenvalue weighted by Crippen LogP contribution is -2.39. The SMILES string of the molecule is CC(C)C(O)CCNC(C)C(C)(C)C. The van der Waals surface area contributed by atoms with E-state index in [9.17, 15) is 5.11 Å². The minimum Gasteiger partial charge on any atom is -0.393 e. The summed E-state index contributed by atoms with van der Waals surface area (Å²) in [6.07, 6.45) is 0.674. The van der Waals surface area contributed by atoms with Crippen molar-refractivity contribution >= 4 is 0 Å². The average Bonchev–Trinajstić information content (AvgIpc) is 2.01. The molecule has 0 spiro atoms. The molecule has 2 N–H and O–H groups in total. The summed E-state index contributed by atoms with van der Waals surface area (Å²) >= 11 is 0. The molecule has 0 heterocycles. The first-order chi connectivity index (χ1) is 6.25. The van der Waals surface area contributed by atoms with E-state index in [1.807, 2.05) is 0 Å². The first kappa shape index (κ1) is 13.9. The largest absolute Gasteiger partial charge is 0.393 e. The lowest BCUT2D eigenvalue weighted by Gasteiger charge is -2.28. The zero-order chi connectivity index (χ0) is 11.4. The van der Waals surface area contributed by atoms with Gasteiger partial charge >= 0.3 is 0 Å². The van der Waals surface area contributed by atoms with Gasteiger partial charge in [-0.15, -0.1) is 0 Å². The Morgan fingerprint density at radius 2 is 1.64 bits per heavy atom. The molecule has 0 radical (unpaired) electrons. The fourth-order valence-corrected chi connectivity index (χ4v) is 1.09. The maximum Gasteiger partial charge on any atom is 0.0575 e. The van der Waals surface area contributed by atoms with Crippen molar-refractivity contribution in [1.29, 1.82) is 0 Å². The number of hydrogen-bond donors (Lipinski definition) is 2. The molecule has 0 saturated carbocycles. The van der Waals surface area contributed by atoms with Crippen LogP contribution in [-0.4, -0.2) is 23.8 Å². The van der Waals surface area contributed by atoms with Gasteiger partial charge < -0.3 is 10.4 Å². The summed E-state index contributed by atoms with van der Waals surface area (Å²) in [7, 11) is 0. The smallest absolute Gasteiger partial charge is 0.0575 e. The van der Waals surface area contributed by atoms with E-state index in [1.54, 1.807) is 0 Å². The van der Waals surface area contributed by atoms with E-state index >= 15 is 0 Å². The Balaban J connectivity index is 3.65. The Kier molecular flexibility index (Phi) is 5.68. The molecule has 14 heavy (non-hydrogen) atoms. The Morgan fingerprint density at radius 1 is 1.14 bits per heavy atom. The first-order valence-corrected chi connectivity index (χ1v) is 5.66. The van der Waals surface area contributed by atoms with E-state index in [-0.39, 0.29) is 6.10 Å². The van der Waals surface area contributed by atoms with Gasteiger partial charge in [0.05, 0.1) is 6.10 Å². The van der Waals surface area contributed by atoms with Crippen LogP contribution in [0, 0.1) is 11.3 Å². The highest BCUT2D eigenvalue weighted by Crippen LogP contribution is 2.18. The number of hydrogen-bond acceptors (Lipinski definition) is 2. The molecule has 0 saturated heterocycles. The summed E-state index contributed by atoms with van der Waals surface area (Å²) in [6, 6.07) is 0.488. The van der Waals surface area contributed by atoms with Crippen LogP contribution in [0.5, 0.6) is 0 Å². The molecule has 2 atom stereocenters. The van der Waals surface area contributed by atoms with Gasteiger partial charge in [-0.3, -0.25) is 0 Å². The summed E-state index contributed by atoms with van der Waals surface area (Å²) in [5, 5.41) is 13.1. The third-order valence-electron chi connectivity index (χ3n) is 2.96. The van der Waals surface area contributed by atoms with Gasteiger partial charge in [0.15, 0.2) is 0 Å². The lowest BCUT2D eigenvalue weighted by atomic mass is 9.88. The highest BCUT2D eigenvalue weighted by molar-refractivity contribution is 4.76. The second-order valence-electron chi connectivity index (χ2n) is 5.64. The van der Waals surface area contributed by atoms with E-state index in [2.05, 4.69) is 46.9 Å². The summed E-state index contributed by atoms with van der Waals surface area (Å²) in [4.78, 5) is 0. The standard InChI is InChI=1S/C12H27NO/c1-9(2)11(14)7-8-13-10(3)12(4,5)6/h9-11,13-14H,7-8H2,1-6H3. The van der Waals surface area contributed by atoms with Crippen molar-refractivity contribution in [3.63, 3.8) is 0 Å². The van der Waals surface area contributed by atoms with Crippen LogP contribution in [0.2, 0.25) is 0 Å². The van der Waals surface area contributed by atoms with Crippen LogP contribution in [0.25, 0.3) is 0 Å². The van der Waals surface area contributed by atoms with Gasteiger partial charge in [-0.2, -0.15) is 0 Å². The van der Waals surface area contributed by atoms with Crippen LogP contribution < -0.4 is 5.32 Å². The van der Waals surface area contributed by atoms with Gasteiger partial charge in [-0.1, -0.05) is 34.6 Å². The molecule has 2 heteroatoms. The van der Waals surface area contributed by atoms with Gasteiger partial charge in [0.2, 0.25) is 0 Å². The molecule has 0 aromatic heterocycles. The van der Waals surface area contributed by atoms with Crippen molar-refractivity contribution in [1.82, 2.24) is 5.32 Å². The topological polar surface area (TPSA) is 32.3 Å². The van der Waals surface area contributed by atoms with Gasteiger partial charge in [0, 0.05) is 6.04 Å². The van der Waals surface area contributed by atoms with Crippen LogP contribution in [0.1, 0.15) is 48.0 Å². The first-order valence-electron chi connectivity index (χ1n) is 5.66. The summed E-state index contributed by atoms with van der Waals surface area (Å²) in [6.45, 7) is 13.9. The molecule has 86 valence electrons. The van der Waals surface area contributed by atoms with Crippen LogP contribution in [0.4, 0.5) is 0 Å². The van der Waals surface area contributed by atoms with E-state index < -0.39 is 0 Å². The van der Waals surface area contributed by atoms with Crippen LogP contribution in [0.15, 0.2) is 0 Å². The molecule has 0 fully saturated rings. The molecule has 0 aliphatic carbocycles. The third-order valence-corrected chi connectivity index (χ3v) is 2.96. The van der Waals surface area contributed by atoms with Crippen molar-refractivity contribution < 1.29 is 5.11 Å². The normalized spacial score (nSPS) is 17.1. The van der Waals surface area contributed by atoms with E-state index in [0.29, 0.717) is 17.4 Å². The summed E-state index contributed by atoms with van der Waals surface area (Å²) in [5.41, 5.74) is 0.294. The van der Waals surface area contributed by atoms with Crippen molar-refractivity contribution in [2.24, 2.45) is 11.3 Å². The number of nitrogens with one attached hydrogen (secondary N) is 1. The zero-order valence-corrected chi connectivity index (χ0v) is 10.6. The zero-order valence-electron chi connectivity index (χ0n) is 10.6. The summed E-state index contributed by atoms with van der Waals surface area (Å²) < 4.78 is 0. The highest BCUT2D eigenvalue weighted by atomic mass is 16.3. The monoisotopic (exact) mass is 201 g/mol. The molecule has 2 unspecified atom stereocenters. The van der Waals surface area contributed by atoms with Crippen LogP contribution >= 0.6 is 0 Å². The van der Waals surface area contributed by atoms with Gasteiger partial charge in [0.1, 0.15) is 0 Å². The average molecular weight is 201 g/mol. The maximum atomic E-state index is 9.60. The second-order valence-corrected chi connectivity index (χ2v) is 5.64. The molecular weight excluding hydrogens is 174 g/mol. The maximum absolute atomic E-state index is 9.60. The Bertz CT molecular complexity index is 149. The predicted octanol–water partition coefficient (Wildman–Crippen LogP) is 2.42. The fraction of sp³-hybridized carbons (Fsp3) is 1.00. The molecule has 0 bridgehead atoms. The van der Waals surface area contributed by atoms with E-state index in [1.165, 1.54) is 0 Å². The highest BCUT2D eigenvalue weighted by Gasteiger charge is 2.19. The molecule has 2 nitrogen and oxygen atoms in total. The molecular formula is C12H27NO. The molecule has 0 aromatic rings. The van der Waals surface area contributed by atoms with Crippen molar-refractivity contribution in [3.05, 3.63) is 0 Å². The fourth-order valence-electron chi connectivity index (χ4n) is 1.09. The van der Waals surface area contributed by atoms with E-state index in [0.717, 1.165) is 13.0 Å². The predicted molar refractivity (Wildman–Crippen MR) is 62.4 cm³/mol.